The van der Waals surface area contributed by atoms with Crippen molar-refractivity contribution >= 4 is 13.7 Å². The van der Waals surface area contributed by atoms with Gasteiger partial charge in [0.05, 0.1) is 25.4 Å². The molecule has 3 unspecified atom stereocenters. The van der Waals surface area contributed by atoms with Crippen LogP contribution < -0.4 is 11.1 Å². The normalized spacial score (nSPS) is 14.7. The first-order valence-corrected chi connectivity index (χ1v) is 25.7. The summed E-state index contributed by atoms with van der Waals surface area (Å²) in [6.07, 6.45) is 62.1. The summed E-state index contributed by atoms with van der Waals surface area (Å²) in [5.74, 6) is -0.216. The SMILES string of the molecule is CC/C=C\C/C=C\C/C=C\C/C=C\CCCCCCCCCCCCC(=O)NC(COP(=O)(O)OCCN)C(O)/C=C/CC/C=C/CC/C=C/CCCCCCCCCC. The number of phosphoric acid groups is 1. The quantitative estimate of drug-likeness (QED) is 0.0273. The maximum absolute atomic E-state index is 12.8. The summed E-state index contributed by atoms with van der Waals surface area (Å²) in [5, 5.41) is 13.7. The summed E-state index contributed by atoms with van der Waals surface area (Å²) < 4.78 is 22.2. The van der Waals surface area contributed by atoms with Crippen LogP contribution in [0.4, 0.5) is 0 Å². The van der Waals surface area contributed by atoms with Crippen molar-refractivity contribution < 1.29 is 28.4 Å². The largest absolute Gasteiger partial charge is 0.472 e. The fourth-order valence-electron chi connectivity index (χ4n) is 6.57. The highest BCUT2D eigenvalue weighted by Gasteiger charge is 2.26. The Kier molecular flexibility index (Phi) is 44.4. The van der Waals surface area contributed by atoms with E-state index in [0.29, 0.717) is 6.42 Å². The molecule has 8 nitrogen and oxygen atoms in total. The molecule has 1 amide bonds. The number of nitrogens with two attached hydrogens (primary N) is 1. The van der Waals surface area contributed by atoms with Crippen LogP contribution in [-0.4, -0.2) is 47.8 Å². The Labute approximate surface area is 369 Å². The van der Waals surface area contributed by atoms with Crippen molar-refractivity contribution in [2.75, 3.05) is 19.8 Å². The predicted molar refractivity (Wildman–Crippen MR) is 258 cm³/mol. The molecule has 0 saturated heterocycles. The third-order valence-corrected chi connectivity index (χ3v) is 11.2. The summed E-state index contributed by atoms with van der Waals surface area (Å²) in [6.45, 7) is 3.98. The van der Waals surface area contributed by atoms with Crippen molar-refractivity contribution in [1.82, 2.24) is 5.32 Å². The Morgan fingerprint density at radius 1 is 0.567 bits per heavy atom. The molecule has 0 aromatic rings. The zero-order valence-corrected chi connectivity index (χ0v) is 39.3. The van der Waals surface area contributed by atoms with Crippen molar-refractivity contribution in [3.05, 3.63) is 85.1 Å². The number of aliphatic hydroxyl groups is 1. The first-order valence-electron chi connectivity index (χ1n) is 24.2. The van der Waals surface area contributed by atoms with Crippen LogP contribution in [0.1, 0.15) is 200 Å². The van der Waals surface area contributed by atoms with Crippen LogP contribution in [0.3, 0.4) is 0 Å². The predicted octanol–water partition coefficient (Wildman–Crippen LogP) is 14.2. The average Bonchev–Trinajstić information content (AvgIpc) is 3.24. The summed E-state index contributed by atoms with van der Waals surface area (Å²) in [7, 11) is -4.36. The molecule has 0 bridgehead atoms. The smallest absolute Gasteiger partial charge is 0.387 e. The lowest BCUT2D eigenvalue weighted by Gasteiger charge is -2.23. The minimum Gasteiger partial charge on any atom is -0.387 e. The first-order chi connectivity index (χ1) is 29.4. The Balaban J connectivity index is 4.21. The van der Waals surface area contributed by atoms with Gasteiger partial charge in [-0.15, -0.1) is 0 Å². The third kappa shape index (κ3) is 43.8. The number of rotatable bonds is 44. The number of hydrogen-bond donors (Lipinski definition) is 4. The molecule has 0 aliphatic carbocycles. The minimum absolute atomic E-state index is 0.0672. The molecule has 0 radical (unpaired) electrons. The van der Waals surface area contributed by atoms with Crippen molar-refractivity contribution in [3.8, 4) is 0 Å². The molecule has 5 N–H and O–H groups in total. The van der Waals surface area contributed by atoms with Crippen LogP contribution in [0.2, 0.25) is 0 Å². The van der Waals surface area contributed by atoms with Gasteiger partial charge >= 0.3 is 7.82 Å². The van der Waals surface area contributed by atoms with E-state index in [-0.39, 0.29) is 25.7 Å². The molecule has 0 aliphatic rings. The number of amides is 1. The van der Waals surface area contributed by atoms with Crippen molar-refractivity contribution in [1.29, 1.82) is 0 Å². The Bertz CT molecular complexity index is 1210. The van der Waals surface area contributed by atoms with E-state index in [2.05, 4.69) is 92.1 Å². The molecule has 0 aromatic heterocycles. The highest BCUT2D eigenvalue weighted by Crippen LogP contribution is 2.43. The molecule has 0 rings (SSSR count). The first kappa shape index (κ1) is 57.7. The van der Waals surface area contributed by atoms with E-state index in [4.69, 9.17) is 14.8 Å². The maximum Gasteiger partial charge on any atom is 0.472 e. The zero-order valence-electron chi connectivity index (χ0n) is 38.4. The van der Waals surface area contributed by atoms with E-state index < -0.39 is 20.0 Å². The van der Waals surface area contributed by atoms with E-state index >= 15 is 0 Å². The summed E-state index contributed by atoms with van der Waals surface area (Å²) in [5.41, 5.74) is 5.38. The van der Waals surface area contributed by atoms with E-state index in [1.54, 1.807) is 6.08 Å². The number of allylic oxidation sites excluding steroid dienone is 13. The Hall–Kier alpha value is -2.32. The van der Waals surface area contributed by atoms with Crippen molar-refractivity contribution in [2.24, 2.45) is 5.73 Å². The van der Waals surface area contributed by atoms with Gasteiger partial charge in [-0.05, 0) is 83.5 Å². The molecular weight excluding hydrogens is 768 g/mol. The van der Waals surface area contributed by atoms with Crippen LogP contribution in [0.15, 0.2) is 85.1 Å². The summed E-state index contributed by atoms with van der Waals surface area (Å²) >= 11 is 0. The standard InChI is InChI=1S/C51H91N2O6P/c1-3-5-7-9-11-13-15-17-19-21-23-24-25-26-27-29-31-33-35-37-39-41-43-45-51(55)53-49(48-59-60(56,57)58-47-46-52)50(54)44-42-40-38-36-34-32-30-28-22-20-18-16-14-12-10-8-6-4-2/h5,7,11,13,17,19,22-24,28,34,36,42,44,49-50,54H,3-4,6,8-10,12,14-16,18,20-21,25-27,29-33,35,37-41,43,45-48,52H2,1-2H3,(H,53,55)(H,56,57)/b7-5-,13-11-,19-17-,24-23-,28-22+,36-34+,44-42+. The minimum atomic E-state index is -4.36. The van der Waals surface area contributed by atoms with Gasteiger partial charge in [0.15, 0.2) is 0 Å². The lowest BCUT2D eigenvalue weighted by atomic mass is 10.0. The van der Waals surface area contributed by atoms with Gasteiger partial charge in [-0.2, -0.15) is 0 Å². The number of phosphoric ester groups is 1. The van der Waals surface area contributed by atoms with E-state index in [1.807, 2.05) is 6.08 Å². The number of carbonyl (C=O) groups excluding carboxylic acids is 1. The van der Waals surface area contributed by atoms with E-state index in [1.165, 1.54) is 103 Å². The number of nitrogens with one attached hydrogen (secondary N) is 1. The molecule has 3 atom stereocenters. The number of aliphatic hydroxyl groups excluding tert-OH is 1. The molecule has 60 heavy (non-hydrogen) atoms. The van der Waals surface area contributed by atoms with Gasteiger partial charge in [-0.1, -0.05) is 195 Å². The fraction of sp³-hybridized carbons (Fsp3) is 0.706. The summed E-state index contributed by atoms with van der Waals surface area (Å²) in [4.78, 5) is 22.8. The van der Waals surface area contributed by atoms with Gasteiger partial charge < -0.3 is 21.1 Å². The van der Waals surface area contributed by atoms with Gasteiger partial charge in [-0.3, -0.25) is 13.8 Å². The molecular formula is C51H91N2O6P. The van der Waals surface area contributed by atoms with E-state index in [9.17, 15) is 19.4 Å². The second-order valence-corrected chi connectivity index (χ2v) is 17.4. The van der Waals surface area contributed by atoms with E-state index in [0.717, 1.165) is 77.0 Å². The lowest BCUT2D eigenvalue weighted by Crippen LogP contribution is -2.45. The van der Waals surface area contributed by atoms with Crippen LogP contribution in [0.5, 0.6) is 0 Å². The Morgan fingerprint density at radius 3 is 1.48 bits per heavy atom. The lowest BCUT2D eigenvalue weighted by molar-refractivity contribution is -0.123. The van der Waals surface area contributed by atoms with Crippen LogP contribution in [-0.2, 0) is 18.4 Å². The number of unbranched alkanes of at least 4 members (excludes halogenated alkanes) is 20. The van der Waals surface area contributed by atoms with Crippen LogP contribution in [0, 0.1) is 0 Å². The van der Waals surface area contributed by atoms with Crippen molar-refractivity contribution in [2.45, 2.75) is 212 Å². The zero-order chi connectivity index (χ0) is 43.9. The highest BCUT2D eigenvalue weighted by molar-refractivity contribution is 7.47. The van der Waals surface area contributed by atoms with Gasteiger partial charge in [0.1, 0.15) is 0 Å². The monoisotopic (exact) mass is 859 g/mol. The molecule has 0 heterocycles. The van der Waals surface area contributed by atoms with Crippen LogP contribution in [0.25, 0.3) is 0 Å². The third-order valence-electron chi connectivity index (χ3n) is 10.2. The van der Waals surface area contributed by atoms with Gasteiger partial charge in [0, 0.05) is 13.0 Å². The second-order valence-electron chi connectivity index (χ2n) is 15.9. The molecule has 0 aliphatic heterocycles. The molecule has 346 valence electrons. The second kappa shape index (κ2) is 46.2. The van der Waals surface area contributed by atoms with Gasteiger partial charge in [-0.25, -0.2) is 4.57 Å². The maximum atomic E-state index is 12.8. The van der Waals surface area contributed by atoms with Gasteiger partial charge in [0.2, 0.25) is 5.91 Å². The molecule has 0 saturated carbocycles. The molecule has 0 aromatic carbocycles. The molecule has 0 fully saturated rings. The molecule has 0 spiro atoms. The van der Waals surface area contributed by atoms with Crippen molar-refractivity contribution in [3.63, 3.8) is 0 Å². The van der Waals surface area contributed by atoms with Crippen LogP contribution >= 0.6 is 7.82 Å². The highest BCUT2D eigenvalue weighted by atomic mass is 31.2. The summed E-state index contributed by atoms with van der Waals surface area (Å²) in [6, 6.07) is -0.891. The number of carbonyl (C=O) groups is 1. The topological polar surface area (TPSA) is 131 Å². The fourth-order valence-corrected chi connectivity index (χ4v) is 7.33. The van der Waals surface area contributed by atoms with Gasteiger partial charge in [0.25, 0.3) is 0 Å². The number of hydrogen-bond acceptors (Lipinski definition) is 6. The average molecular weight is 859 g/mol. The molecule has 9 heteroatoms. The Morgan fingerprint density at radius 2 is 0.983 bits per heavy atom.